The monoisotopic (exact) mass is 315 g/mol. The second-order valence-electron chi connectivity index (χ2n) is 5.55. The van der Waals surface area contributed by atoms with E-state index in [1.807, 2.05) is 37.3 Å². The van der Waals surface area contributed by atoms with Gasteiger partial charge in [0.2, 0.25) is 0 Å². The number of carbonyl (C=O) groups is 1. The van der Waals surface area contributed by atoms with Gasteiger partial charge in [-0.2, -0.15) is 5.26 Å². The summed E-state index contributed by atoms with van der Waals surface area (Å²) in [4.78, 5) is 16.4. The van der Waals surface area contributed by atoms with Crippen LogP contribution in [0.5, 0.6) is 0 Å². The van der Waals surface area contributed by atoms with Gasteiger partial charge in [0.05, 0.1) is 11.6 Å². The molecule has 1 atom stereocenters. The van der Waals surface area contributed by atoms with Gasteiger partial charge in [-0.05, 0) is 34.9 Å². The van der Waals surface area contributed by atoms with E-state index in [-0.39, 0.29) is 11.9 Å². The van der Waals surface area contributed by atoms with Crippen molar-refractivity contribution < 1.29 is 4.79 Å². The number of amides is 1. The second-order valence-corrected chi connectivity index (χ2v) is 5.55. The minimum absolute atomic E-state index is 0.0840. The molecule has 24 heavy (non-hydrogen) atoms. The van der Waals surface area contributed by atoms with Crippen LogP contribution < -0.4 is 5.32 Å². The van der Waals surface area contributed by atoms with Crippen molar-refractivity contribution in [1.82, 2.24) is 10.3 Å². The van der Waals surface area contributed by atoms with Crippen LogP contribution in [0.3, 0.4) is 0 Å². The molecule has 0 bridgehead atoms. The Morgan fingerprint density at radius 3 is 2.67 bits per heavy atom. The Hall–Kier alpha value is -3.19. The first-order valence-corrected chi connectivity index (χ1v) is 7.87. The lowest BCUT2D eigenvalue weighted by molar-refractivity contribution is 0.0935. The van der Waals surface area contributed by atoms with Crippen LogP contribution in [0.4, 0.5) is 0 Å². The standard InChI is InChI=1S/C20H17N3O/c1-2-19(18-9-5-7-14-6-3-4-8-17(14)18)23-20(24)15-10-11-16(12-21)22-13-15/h3-11,13,19H,2H2,1H3,(H,23,24). The number of fused-ring (bicyclic) bond motifs is 1. The minimum atomic E-state index is -0.188. The van der Waals surface area contributed by atoms with Crippen LogP contribution in [0.15, 0.2) is 60.8 Å². The quantitative estimate of drug-likeness (QED) is 0.791. The van der Waals surface area contributed by atoms with Gasteiger partial charge >= 0.3 is 0 Å². The molecule has 1 unspecified atom stereocenters. The van der Waals surface area contributed by atoms with Crippen molar-refractivity contribution in [2.75, 3.05) is 0 Å². The summed E-state index contributed by atoms with van der Waals surface area (Å²) >= 11 is 0. The summed E-state index contributed by atoms with van der Waals surface area (Å²) in [6.07, 6.45) is 2.22. The Labute approximate surface area is 140 Å². The molecule has 3 rings (SSSR count). The van der Waals surface area contributed by atoms with Crippen LogP contribution in [0.1, 0.15) is 41.0 Å². The number of hydrogen-bond donors (Lipinski definition) is 1. The molecule has 0 fully saturated rings. The maximum atomic E-state index is 12.5. The van der Waals surface area contributed by atoms with Gasteiger partial charge in [-0.25, -0.2) is 4.98 Å². The number of pyridine rings is 1. The fraction of sp³-hybridized carbons (Fsp3) is 0.150. The zero-order chi connectivity index (χ0) is 16.9. The molecular formula is C20H17N3O. The molecule has 4 nitrogen and oxygen atoms in total. The molecule has 1 N–H and O–H groups in total. The van der Waals surface area contributed by atoms with Crippen LogP contribution in [0.2, 0.25) is 0 Å². The zero-order valence-electron chi connectivity index (χ0n) is 13.4. The molecule has 118 valence electrons. The third-order valence-corrected chi connectivity index (χ3v) is 4.05. The molecule has 3 aromatic rings. The molecule has 0 aliphatic carbocycles. The van der Waals surface area contributed by atoms with E-state index in [4.69, 9.17) is 5.26 Å². The van der Waals surface area contributed by atoms with Crippen LogP contribution >= 0.6 is 0 Å². The maximum absolute atomic E-state index is 12.5. The van der Waals surface area contributed by atoms with Gasteiger partial charge in [0.1, 0.15) is 11.8 Å². The first-order chi connectivity index (χ1) is 11.7. The number of nitriles is 1. The summed E-state index contributed by atoms with van der Waals surface area (Å²) in [6, 6.07) is 19.3. The fourth-order valence-corrected chi connectivity index (χ4v) is 2.79. The smallest absolute Gasteiger partial charge is 0.253 e. The van der Waals surface area contributed by atoms with Crippen molar-refractivity contribution in [3.05, 3.63) is 77.6 Å². The first kappa shape index (κ1) is 15.7. The number of nitrogens with one attached hydrogen (secondary N) is 1. The van der Waals surface area contributed by atoms with Crippen LogP contribution in [0, 0.1) is 11.3 Å². The van der Waals surface area contributed by atoms with E-state index in [2.05, 4.69) is 28.5 Å². The predicted octanol–water partition coefficient (Wildman–Crippen LogP) is 3.99. The van der Waals surface area contributed by atoms with Crippen LogP contribution in [0.25, 0.3) is 10.8 Å². The van der Waals surface area contributed by atoms with E-state index >= 15 is 0 Å². The molecule has 0 saturated carbocycles. The summed E-state index contributed by atoms with van der Waals surface area (Å²) in [5, 5.41) is 14.2. The normalized spacial score (nSPS) is 11.7. The topological polar surface area (TPSA) is 65.8 Å². The lowest BCUT2D eigenvalue weighted by Gasteiger charge is -2.19. The number of hydrogen-bond acceptors (Lipinski definition) is 3. The molecule has 1 heterocycles. The highest BCUT2D eigenvalue weighted by atomic mass is 16.1. The highest BCUT2D eigenvalue weighted by molar-refractivity contribution is 5.95. The largest absolute Gasteiger partial charge is 0.345 e. The van der Waals surface area contributed by atoms with Crippen molar-refractivity contribution in [3.8, 4) is 6.07 Å². The summed E-state index contributed by atoms with van der Waals surface area (Å²) < 4.78 is 0. The highest BCUT2D eigenvalue weighted by Crippen LogP contribution is 2.26. The van der Waals surface area contributed by atoms with Crippen molar-refractivity contribution in [2.45, 2.75) is 19.4 Å². The average Bonchev–Trinajstić information content (AvgIpc) is 2.65. The van der Waals surface area contributed by atoms with Gasteiger partial charge in [-0.15, -0.1) is 0 Å². The van der Waals surface area contributed by atoms with Crippen molar-refractivity contribution in [2.24, 2.45) is 0 Å². The Morgan fingerprint density at radius 1 is 1.17 bits per heavy atom. The molecule has 4 heteroatoms. The molecule has 0 spiro atoms. The molecule has 0 saturated heterocycles. The third-order valence-electron chi connectivity index (χ3n) is 4.05. The van der Waals surface area contributed by atoms with E-state index in [1.54, 1.807) is 12.1 Å². The zero-order valence-corrected chi connectivity index (χ0v) is 13.4. The molecule has 2 aromatic carbocycles. The van der Waals surface area contributed by atoms with Gasteiger partial charge in [0.15, 0.2) is 0 Å². The van der Waals surface area contributed by atoms with Crippen LogP contribution in [-0.2, 0) is 0 Å². The number of carbonyl (C=O) groups excluding carboxylic acids is 1. The average molecular weight is 315 g/mol. The Bertz CT molecular complexity index is 905. The highest BCUT2D eigenvalue weighted by Gasteiger charge is 2.16. The van der Waals surface area contributed by atoms with Gasteiger partial charge < -0.3 is 5.32 Å². The summed E-state index contributed by atoms with van der Waals surface area (Å²) in [5.41, 5.74) is 1.85. The number of aromatic nitrogens is 1. The third kappa shape index (κ3) is 3.11. The van der Waals surface area contributed by atoms with E-state index in [1.165, 1.54) is 6.20 Å². The van der Waals surface area contributed by atoms with E-state index < -0.39 is 0 Å². The van der Waals surface area contributed by atoms with Gasteiger partial charge in [-0.3, -0.25) is 4.79 Å². The molecule has 0 radical (unpaired) electrons. The lowest BCUT2D eigenvalue weighted by Crippen LogP contribution is -2.28. The van der Waals surface area contributed by atoms with E-state index in [0.29, 0.717) is 11.3 Å². The molecular weight excluding hydrogens is 298 g/mol. The van der Waals surface area contributed by atoms with Crippen molar-refractivity contribution in [1.29, 1.82) is 5.26 Å². The summed E-state index contributed by atoms with van der Waals surface area (Å²) in [5.74, 6) is -0.188. The fourth-order valence-electron chi connectivity index (χ4n) is 2.79. The van der Waals surface area contributed by atoms with Crippen LogP contribution in [-0.4, -0.2) is 10.9 Å². The minimum Gasteiger partial charge on any atom is -0.345 e. The lowest BCUT2D eigenvalue weighted by atomic mass is 9.97. The molecule has 1 aromatic heterocycles. The Kier molecular flexibility index (Phi) is 4.53. The second kappa shape index (κ2) is 6.93. The molecule has 0 aliphatic rings. The predicted molar refractivity (Wildman–Crippen MR) is 93.4 cm³/mol. The number of benzene rings is 2. The van der Waals surface area contributed by atoms with Gasteiger partial charge in [0, 0.05) is 6.20 Å². The first-order valence-electron chi connectivity index (χ1n) is 7.87. The Morgan fingerprint density at radius 2 is 1.96 bits per heavy atom. The van der Waals surface area contributed by atoms with E-state index in [0.717, 1.165) is 22.8 Å². The SMILES string of the molecule is CCC(NC(=O)c1ccc(C#N)nc1)c1cccc2ccccc12. The maximum Gasteiger partial charge on any atom is 0.253 e. The molecule has 1 amide bonds. The summed E-state index contributed by atoms with van der Waals surface area (Å²) in [7, 11) is 0. The summed E-state index contributed by atoms with van der Waals surface area (Å²) in [6.45, 7) is 2.05. The van der Waals surface area contributed by atoms with Gasteiger partial charge in [-0.1, -0.05) is 49.4 Å². The van der Waals surface area contributed by atoms with Crippen molar-refractivity contribution >= 4 is 16.7 Å². The van der Waals surface area contributed by atoms with E-state index in [9.17, 15) is 4.79 Å². The van der Waals surface area contributed by atoms with Gasteiger partial charge in [0.25, 0.3) is 5.91 Å². The Balaban J connectivity index is 1.88. The molecule has 0 aliphatic heterocycles. The number of nitrogens with zero attached hydrogens (tertiary/aromatic N) is 2. The number of rotatable bonds is 4. The van der Waals surface area contributed by atoms with Crippen molar-refractivity contribution in [3.63, 3.8) is 0 Å².